The summed E-state index contributed by atoms with van der Waals surface area (Å²) in [5, 5.41) is 14.9. The van der Waals surface area contributed by atoms with Gasteiger partial charge in [0.05, 0.1) is 6.42 Å². The first kappa shape index (κ1) is 10.5. The number of thiophene rings is 1. The van der Waals surface area contributed by atoms with Crippen LogP contribution < -0.4 is 5.32 Å². The lowest BCUT2D eigenvalue weighted by atomic mass is 10.0. The Morgan fingerprint density at radius 2 is 2.24 bits per heavy atom. The number of fused-ring (bicyclic) bond motifs is 1. The molecule has 3 nitrogen and oxygen atoms in total. The molecule has 0 spiro atoms. The number of hydrogen-bond acceptors (Lipinski definition) is 3. The highest BCUT2D eigenvalue weighted by Gasteiger charge is 2.20. The average molecular weight is 245 g/mol. The van der Waals surface area contributed by atoms with Crippen molar-refractivity contribution in [2.45, 2.75) is 12.5 Å². The van der Waals surface area contributed by atoms with Gasteiger partial charge in [-0.15, -0.1) is 11.3 Å². The van der Waals surface area contributed by atoms with Crippen LogP contribution in [0.3, 0.4) is 0 Å². The quantitative estimate of drug-likeness (QED) is 0.853. The Balaban J connectivity index is 1.95. The van der Waals surface area contributed by atoms with Gasteiger partial charge in [0.15, 0.2) is 0 Å². The zero-order valence-corrected chi connectivity index (χ0v) is 9.83. The lowest BCUT2D eigenvalue weighted by Crippen LogP contribution is -2.03. The molecule has 2 aromatic rings. The number of amides is 1. The summed E-state index contributed by atoms with van der Waals surface area (Å²) in [7, 11) is 0. The van der Waals surface area contributed by atoms with Crippen molar-refractivity contribution >= 4 is 22.9 Å². The Hall–Kier alpha value is -1.65. The van der Waals surface area contributed by atoms with E-state index in [1.807, 2.05) is 35.7 Å². The van der Waals surface area contributed by atoms with Gasteiger partial charge in [-0.05, 0) is 28.6 Å². The van der Waals surface area contributed by atoms with Gasteiger partial charge in [-0.1, -0.05) is 18.2 Å². The van der Waals surface area contributed by atoms with Crippen molar-refractivity contribution < 1.29 is 9.90 Å². The normalized spacial score (nSPS) is 15.5. The summed E-state index contributed by atoms with van der Waals surface area (Å²) < 4.78 is 0. The average Bonchev–Trinajstić information content (AvgIpc) is 2.94. The SMILES string of the molecule is O=C1Cc2cc(C(O)c3cccs3)ccc2N1. The maximum absolute atomic E-state index is 11.2. The van der Waals surface area contributed by atoms with Crippen molar-refractivity contribution in [2.24, 2.45) is 0 Å². The van der Waals surface area contributed by atoms with Gasteiger partial charge in [0.1, 0.15) is 6.10 Å². The van der Waals surface area contributed by atoms with Crippen LogP contribution in [0.25, 0.3) is 0 Å². The van der Waals surface area contributed by atoms with E-state index in [9.17, 15) is 9.90 Å². The molecule has 4 heteroatoms. The zero-order chi connectivity index (χ0) is 11.8. The lowest BCUT2D eigenvalue weighted by Gasteiger charge is -2.10. The maximum Gasteiger partial charge on any atom is 0.228 e. The predicted octanol–water partition coefficient (Wildman–Crippen LogP) is 2.32. The Morgan fingerprint density at radius 3 is 3.00 bits per heavy atom. The van der Waals surface area contributed by atoms with Gasteiger partial charge in [0, 0.05) is 10.6 Å². The summed E-state index contributed by atoms with van der Waals surface area (Å²) in [6.45, 7) is 0. The molecule has 1 unspecified atom stereocenters. The third kappa shape index (κ3) is 1.85. The number of aliphatic hydroxyl groups excluding tert-OH is 1. The van der Waals surface area contributed by atoms with E-state index in [0.717, 1.165) is 21.7 Å². The summed E-state index contributed by atoms with van der Waals surface area (Å²) in [5.74, 6) is 0.0164. The van der Waals surface area contributed by atoms with Crippen LogP contribution >= 0.6 is 11.3 Å². The molecule has 1 aliphatic rings. The van der Waals surface area contributed by atoms with Gasteiger partial charge < -0.3 is 10.4 Å². The third-order valence-corrected chi connectivity index (χ3v) is 3.81. The maximum atomic E-state index is 11.2. The highest BCUT2D eigenvalue weighted by atomic mass is 32.1. The van der Waals surface area contributed by atoms with Crippen LogP contribution in [0.4, 0.5) is 5.69 Å². The second-order valence-corrected chi connectivity index (χ2v) is 5.04. The summed E-state index contributed by atoms with van der Waals surface area (Å²) >= 11 is 1.53. The van der Waals surface area contributed by atoms with Crippen molar-refractivity contribution in [3.8, 4) is 0 Å². The van der Waals surface area contributed by atoms with E-state index in [4.69, 9.17) is 0 Å². The van der Waals surface area contributed by atoms with Crippen LogP contribution in [0.2, 0.25) is 0 Å². The van der Waals surface area contributed by atoms with Crippen LogP contribution in [0.5, 0.6) is 0 Å². The van der Waals surface area contributed by atoms with Crippen LogP contribution in [-0.4, -0.2) is 11.0 Å². The van der Waals surface area contributed by atoms with E-state index < -0.39 is 6.10 Å². The highest BCUT2D eigenvalue weighted by molar-refractivity contribution is 7.10. The van der Waals surface area contributed by atoms with Gasteiger partial charge >= 0.3 is 0 Å². The highest BCUT2D eigenvalue weighted by Crippen LogP contribution is 2.30. The second kappa shape index (κ2) is 3.98. The monoisotopic (exact) mass is 245 g/mol. The number of anilines is 1. The zero-order valence-electron chi connectivity index (χ0n) is 9.01. The molecule has 17 heavy (non-hydrogen) atoms. The van der Waals surface area contributed by atoms with Gasteiger partial charge in [-0.3, -0.25) is 4.79 Å². The van der Waals surface area contributed by atoms with Crippen molar-refractivity contribution in [1.29, 1.82) is 0 Å². The van der Waals surface area contributed by atoms with Crippen LogP contribution in [-0.2, 0) is 11.2 Å². The van der Waals surface area contributed by atoms with Crippen LogP contribution in [0, 0.1) is 0 Å². The molecule has 1 aliphatic heterocycles. The fraction of sp³-hybridized carbons (Fsp3) is 0.154. The molecule has 0 saturated carbocycles. The molecule has 0 saturated heterocycles. The van der Waals surface area contributed by atoms with Crippen molar-refractivity contribution in [2.75, 3.05) is 5.32 Å². The second-order valence-electron chi connectivity index (χ2n) is 4.06. The van der Waals surface area contributed by atoms with Crippen molar-refractivity contribution in [3.05, 3.63) is 51.7 Å². The largest absolute Gasteiger partial charge is 0.383 e. The summed E-state index contributed by atoms with van der Waals surface area (Å²) in [6, 6.07) is 9.44. The Kier molecular flexibility index (Phi) is 2.46. The summed E-state index contributed by atoms with van der Waals surface area (Å²) in [4.78, 5) is 12.2. The van der Waals surface area contributed by atoms with Gasteiger partial charge in [-0.2, -0.15) is 0 Å². The molecular formula is C13H11NO2S. The molecule has 1 aromatic heterocycles. The molecule has 0 bridgehead atoms. The first-order chi connectivity index (χ1) is 8.24. The standard InChI is InChI=1S/C13H11NO2S/c15-12-7-9-6-8(3-4-10(9)14-12)13(16)11-2-1-5-17-11/h1-6,13,16H,7H2,(H,14,15). The molecule has 1 aromatic carbocycles. The molecule has 2 N–H and O–H groups in total. The number of rotatable bonds is 2. The van der Waals surface area contributed by atoms with Gasteiger partial charge in [-0.25, -0.2) is 0 Å². The van der Waals surface area contributed by atoms with Gasteiger partial charge in [0.25, 0.3) is 0 Å². The molecule has 0 fully saturated rings. The van der Waals surface area contributed by atoms with E-state index in [2.05, 4.69) is 5.32 Å². The van der Waals surface area contributed by atoms with E-state index in [0.29, 0.717) is 6.42 Å². The molecule has 0 radical (unpaired) electrons. The number of aliphatic hydroxyl groups is 1. The predicted molar refractivity (Wildman–Crippen MR) is 67.2 cm³/mol. The molecule has 2 heterocycles. The van der Waals surface area contributed by atoms with Crippen LogP contribution in [0.1, 0.15) is 22.1 Å². The molecule has 1 amide bonds. The molecule has 86 valence electrons. The third-order valence-electron chi connectivity index (χ3n) is 2.88. The minimum atomic E-state index is -0.601. The first-order valence-corrected chi connectivity index (χ1v) is 6.26. The van der Waals surface area contributed by atoms with E-state index in [1.165, 1.54) is 11.3 Å². The number of benzene rings is 1. The Morgan fingerprint density at radius 1 is 1.35 bits per heavy atom. The molecular weight excluding hydrogens is 234 g/mol. The van der Waals surface area contributed by atoms with Gasteiger partial charge in [0.2, 0.25) is 5.91 Å². The van der Waals surface area contributed by atoms with E-state index in [1.54, 1.807) is 0 Å². The minimum Gasteiger partial charge on any atom is -0.383 e. The number of nitrogens with one attached hydrogen (secondary N) is 1. The number of carbonyl (C=O) groups is 1. The topological polar surface area (TPSA) is 49.3 Å². The Labute approximate surface area is 103 Å². The number of carbonyl (C=O) groups excluding carboxylic acids is 1. The van der Waals surface area contributed by atoms with Crippen molar-refractivity contribution in [1.82, 2.24) is 0 Å². The fourth-order valence-corrected chi connectivity index (χ4v) is 2.77. The summed E-state index contributed by atoms with van der Waals surface area (Å²) in [6.07, 6.45) is -0.198. The van der Waals surface area contributed by atoms with Crippen LogP contribution in [0.15, 0.2) is 35.7 Å². The Bertz CT molecular complexity index is 563. The minimum absolute atomic E-state index is 0.0164. The summed E-state index contributed by atoms with van der Waals surface area (Å²) in [5.41, 5.74) is 2.66. The first-order valence-electron chi connectivity index (χ1n) is 5.38. The molecule has 0 aliphatic carbocycles. The molecule has 1 atom stereocenters. The fourth-order valence-electron chi connectivity index (χ4n) is 2.03. The lowest BCUT2D eigenvalue weighted by molar-refractivity contribution is -0.115. The van der Waals surface area contributed by atoms with Crippen molar-refractivity contribution in [3.63, 3.8) is 0 Å². The molecule has 3 rings (SSSR count). The smallest absolute Gasteiger partial charge is 0.228 e. The number of hydrogen-bond donors (Lipinski definition) is 2. The van der Waals surface area contributed by atoms with E-state index >= 15 is 0 Å². The van der Waals surface area contributed by atoms with E-state index in [-0.39, 0.29) is 5.91 Å².